The van der Waals surface area contributed by atoms with Gasteiger partial charge in [-0.15, -0.1) is 0 Å². The first-order valence-electron chi connectivity index (χ1n) is 6.32. The summed E-state index contributed by atoms with van der Waals surface area (Å²) in [6.07, 6.45) is 1.86. The Balaban J connectivity index is 2.43. The Bertz CT molecular complexity index is 853. The van der Waals surface area contributed by atoms with E-state index in [0.29, 0.717) is 16.1 Å². The highest BCUT2D eigenvalue weighted by molar-refractivity contribution is 6.34. The Hall–Kier alpha value is -2.07. The van der Waals surface area contributed by atoms with Gasteiger partial charge in [-0.1, -0.05) is 29.3 Å². The SMILES string of the molecule is Cc1cc(C)c(-n2ccc3c(Cl)n[nH]c(=O)c32)c(C)c1. The third-order valence-electron chi connectivity index (χ3n) is 3.46. The molecule has 0 unspecified atom stereocenters. The maximum atomic E-state index is 12.1. The van der Waals surface area contributed by atoms with Gasteiger partial charge in [0.25, 0.3) is 5.56 Å². The average Bonchev–Trinajstić information content (AvgIpc) is 2.78. The van der Waals surface area contributed by atoms with Crippen molar-refractivity contribution in [1.29, 1.82) is 0 Å². The molecule has 0 saturated heterocycles. The summed E-state index contributed by atoms with van der Waals surface area (Å²) in [5.74, 6) is 0. The van der Waals surface area contributed by atoms with Crippen LogP contribution >= 0.6 is 11.6 Å². The number of halogens is 1. The van der Waals surface area contributed by atoms with Crippen molar-refractivity contribution in [3.8, 4) is 5.69 Å². The Kier molecular flexibility index (Phi) is 2.91. The van der Waals surface area contributed by atoms with Crippen molar-refractivity contribution in [2.75, 3.05) is 0 Å². The zero-order valence-corrected chi connectivity index (χ0v) is 12.2. The molecular weight excluding hydrogens is 274 g/mol. The van der Waals surface area contributed by atoms with Crippen molar-refractivity contribution in [3.05, 3.63) is 56.6 Å². The third kappa shape index (κ3) is 1.84. The van der Waals surface area contributed by atoms with E-state index in [1.54, 1.807) is 0 Å². The molecule has 3 rings (SSSR count). The molecule has 0 bridgehead atoms. The van der Waals surface area contributed by atoms with Gasteiger partial charge in [0.1, 0.15) is 5.52 Å². The fourth-order valence-electron chi connectivity index (χ4n) is 2.78. The number of hydrogen-bond donors (Lipinski definition) is 1. The van der Waals surface area contributed by atoms with Gasteiger partial charge in [-0.2, -0.15) is 5.10 Å². The van der Waals surface area contributed by atoms with Crippen molar-refractivity contribution < 1.29 is 0 Å². The lowest BCUT2D eigenvalue weighted by atomic mass is 10.0. The number of benzene rings is 1. The molecule has 0 aliphatic heterocycles. The number of hydrogen-bond acceptors (Lipinski definition) is 2. The molecule has 0 aliphatic rings. The van der Waals surface area contributed by atoms with E-state index in [0.717, 1.165) is 16.8 Å². The number of nitrogens with zero attached hydrogens (tertiary/aromatic N) is 2. The number of nitrogens with one attached hydrogen (secondary N) is 1. The van der Waals surface area contributed by atoms with Crippen LogP contribution in [0.15, 0.2) is 29.2 Å². The highest BCUT2D eigenvalue weighted by atomic mass is 35.5. The van der Waals surface area contributed by atoms with Gasteiger partial charge in [-0.3, -0.25) is 4.79 Å². The molecule has 2 heterocycles. The van der Waals surface area contributed by atoms with Crippen LogP contribution in [0.1, 0.15) is 16.7 Å². The van der Waals surface area contributed by atoms with E-state index in [1.807, 2.05) is 30.7 Å². The maximum absolute atomic E-state index is 12.1. The van der Waals surface area contributed by atoms with Crippen molar-refractivity contribution in [2.24, 2.45) is 0 Å². The van der Waals surface area contributed by atoms with Crippen LogP contribution in [-0.4, -0.2) is 14.8 Å². The second kappa shape index (κ2) is 4.49. The molecule has 102 valence electrons. The monoisotopic (exact) mass is 287 g/mol. The minimum absolute atomic E-state index is 0.242. The number of aromatic nitrogens is 3. The number of rotatable bonds is 1. The van der Waals surface area contributed by atoms with Crippen LogP contribution in [0.3, 0.4) is 0 Å². The first kappa shape index (κ1) is 12.9. The molecule has 0 fully saturated rings. The average molecular weight is 288 g/mol. The van der Waals surface area contributed by atoms with Gasteiger partial charge in [0, 0.05) is 11.6 Å². The summed E-state index contributed by atoms with van der Waals surface area (Å²) in [5.41, 5.74) is 4.74. The third-order valence-corrected chi connectivity index (χ3v) is 3.74. The minimum Gasteiger partial charge on any atom is -0.311 e. The predicted molar refractivity (Wildman–Crippen MR) is 80.9 cm³/mol. The molecule has 2 aromatic heterocycles. The lowest BCUT2D eigenvalue weighted by Crippen LogP contribution is -2.13. The summed E-state index contributed by atoms with van der Waals surface area (Å²) < 4.78 is 1.88. The van der Waals surface area contributed by atoms with Gasteiger partial charge in [0.2, 0.25) is 0 Å². The van der Waals surface area contributed by atoms with Gasteiger partial charge in [0.15, 0.2) is 5.15 Å². The van der Waals surface area contributed by atoms with E-state index in [1.165, 1.54) is 5.56 Å². The lowest BCUT2D eigenvalue weighted by Gasteiger charge is -2.13. The number of aromatic amines is 1. The highest BCUT2D eigenvalue weighted by Crippen LogP contribution is 2.26. The van der Waals surface area contributed by atoms with Gasteiger partial charge in [-0.25, -0.2) is 5.10 Å². The van der Waals surface area contributed by atoms with E-state index >= 15 is 0 Å². The first-order valence-corrected chi connectivity index (χ1v) is 6.70. The van der Waals surface area contributed by atoms with Gasteiger partial charge < -0.3 is 4.57 Å². The van der Waals surface area contributed by atoms with Crippen molar-refractivity contribution in [1.82, 2.24) is 14.8 Å². The zero-order chi connectivity index (χ0) is 14.4. The number of fused-ring (bicyclic) bond motifs is 1. The first-order chi connectivity index (χ1) is 9.49. The molecule has 0 amide bonds. The lowest BCUT2D eigenvalue weighted by molar-refractivity contribution is 0.986. The molecule has 1 N–H and O–H groups in total. The summed E-state index contributed by atoms with van der Waals surface area (Å²) >= 11 is 6.04. The molecule has 20 heavy (non-hydrogen) atoms. The minimum atomic E-state index is -0.242. The molecule has 0 spiro atoms. The zero-order valence-electron chi connectivity index (χ0n) is 11.5. The maximum Gasteiger partial charge on any atom is 0.289 e. The molecule has 4 nitrogen and oxygen atoms in total. The molecule has 0 atom stereocenters. The van der Waals surface area contributed by atoms with Crippen LogP contribution < -0.4 is 5.56 Å². The molecular formula is C15H14ClN3O. The summed E-state index contributed by atoms with van der Waals surface area (Å²) in [6.45, 7) is 6.14. The van der Waals surface area contributed by atoms with E-state index in [4.69, 9.17) is 11.6 Å². The predicted octanol–water partition coefficient (Wildman–Crippen LogP) is 3.29. The second-order valence-electron chi connectivity index (χ2n) is 5.04. The molecule has 0 radical (unpaired) electrons. The standard InChI is InChI=1S/C15H14ClN3O/c1-8-6-9(2)12(10(3)7-8)19-5-4-11-13(19)15(20)18-17-14(11)16/h4-7H,1-3H3,(H,18,20). The van der Waals surface area contributed by atoms with Crippen LogP contribution in [0.25, 0.3) is 16.6 Å². The highest BCUT2D eigenvalue weighted by Gasteiger charge is 2.14. The molecule has 3 aromatic rings. The van der Waals surface area contributed by atoms with E-state index < -0.39 is 0 Å². The fraction of sp³-hybridized carbons (Fsp3) is 0.200. The summed E-state index contributed by atoms with van der Waals surface area (Å²) in [5, 5.41) is 7.19. The van der Waals surface area contributed by atoms with E-state index in [-0.39, 0.29) is 5.56 Å². The molecule has 1 aromatic carbocycles. The molecule has 0 saturated carbocycles. The normalized spacial score (nSPS) is 11.2. The summed E-state index contributed by atoms with van der Waals surface area (Å²) in [7, 11) is 0. The Morgan fingerprint density at radius 3 is 2.50 bits per heavy atom. The summed E-state index contributed by atoms with van der Waals surface area (Å²) in [6, 6.07) is 6.02. The van der Waals surface area contributed by atoms with Crippen LogP contribution in [0.5, 0.6) is 0 Å². The quantitative estimate of drug-likeness (QED) is 0.746. The van der Waals surface area contributed by atoms with Crippen LogP contribution in [0.4, 0.5) is 0 Å². The number of aryl methyl sites for hydroxylation is 3. The Morgan fingerprint density at radius 1 is 1.20 bits per heavy atom. The van der Waals surface area contributed by atoms with Crippen molar-refractivity contribution >= 4 is 22.5 Å². The second-order valence-corrected chi connectivity index (χ2v) is 5.40. The van der Waals surface area contributed by atoms with Gasteiger partial charge in [0.05, 0.1) is 5.69 Å². The van der Waals surface area contributed by atoms with Gasteiger partial charge in [-0.05, 0) is 38.0 Å². The number of H-pyrrole nitrogens is 1. The largest absolute Gasteiger partial charge is 0.311 e. The van der Waals surface area contributed by atoms with Crippen LogP contribution in [0, 0.1) is 20.8 Å². The summed E-state index contributed by atoms with van der Waals surface area (Å²) in [4.78, 5) is 12.1. The van der Waals surface area contributed by atoms with Crippen LogP contribution in [0.2, 0.25) is 5.15 Å². The fourth-order valence-corrected chi connectivity index (χ4v) is 2.98. The Morgan fingerprint density at radius 2 is 1.85 bits per heavy atom. The molecule has 0 aliphatic carbocycles. The smallest absolute Gasteiger partial charge is 0.289 e. The van der Waals surface area contributed by atoms with E-state index in [2.05, 4.69) is 29.3 Å². The van der Waals surface area contributed by atoms with Crippen molar-refractivity contribution in [3.63, 3.8) is 0 Å². The van der Waals surface area contributed by atoms with E-state index in [9.17, 15) is 4.79 Å². The topological polar surface area (TPSA) is 50.7 Å². The van der Waals surface area contributed by atoms with Gasteiger partial charge >= 0.3 is 0 Å². The molecule has 5 heteroatoms. The van der Waals surface area contributed by atoms with Crippen molar-refractivity contribution in [2.45, 2.75) is 20.8 Å². The van der Waals surface area contributed by atoms with Crippen LogP contribution in [-0.2, 0) is 0 Å². The Labute approximate surface area is 121 Å².